The minimum absolute atomic E-state index is 0.0239. The average Bonchev–Trinajstić information content (AvgIpc) is 2.82. The normalized spacial score (nSPS) is 19.7. The van der Waals surface area contributed by atoms with Gasteiger partial charge < -0.3 is 19.2 Å². The van der Waals surface area contributed by atoms with E-state index in [1.54, 1.807) is 23.3 Å². The predicted octanol–water partition coefficient (Wildman–Crippen LogP) is 1.86. The molecular weight excluding hydrogens is 238 g/mol. The lowest BCUT2D eigenvalue weighted by molar-refractivity contribution is -0.137. The van der Waals surface area contributed by atoms with E-state index in [0.29, 0.717) is 31.7 Å². The van der Waals surface area contributed by atoms with E-state index in [9.17, 15) is 9.59 Å². The molecule has 6 heteroatoms. The van der Waals surface area contributed by atoms with Crippen LogP contribution in [0, 0.1) is 0 Å². The number of carboxylic acid groups (broad SMARTS) is 1. The second-order valence-corrected chi connectivity index (χ2v) is 4.23. The molecular formula is C12H15NO5. The fourth-order valence-corrected chi connectivity index (χ4v) is 1.89. The highest BCUT2D eigenvalue weighted by atomic mass is 16.6. The van der Waals surface area contributed by atoms with Crippen LogP contribution in [0.3, 0.4) is 0 Å². The zero-order chi connectivity index (χ0) is 13.0. The largest absolute Gasteiger partial charge is 0.481 e. The number of carbonyl (C=O) groups excluding carboxylic acids is 1. The third kappa shape index (κ3) is 3.26. The number of hydrogen-bond donors (Lipinski definition) is 1. The van der Waals surface area contributed by atoms with E-state index < -0.39 is 12.1 Å². The molecule has 0 bridgehead atoms. The number of carbonyl (C=O) groups is 2. The Balaban J connectivity index is 1.81. The summed E-state index contributed by atoms with van der Waals surface area (Å²) in [6.07, 6.45) is 1.90. The third-order valence-electron chi connectivity index (χ3n) is 2.85. The van der Waals surface area contributed by atoms with Crippen LogP contribution >= 0.6 is 0 Å². The highest BCUT2D eigenvalue weighted by Gasteiger charge is 2.27. The first-order valence-corrected chi connectivity index (χ1v) is 5.85. The number of carboxylic acids is 1. The Labute approximate surface area is 104 Å². The van der Waals surface area contributed by atoms with Gasteiger partial charge in [0.05, 0.1) is 12.8 Å². The van der Waals surface area contributed by atoms with Gasteiger partial charge in [0, 0.05) is 19.4 Å². The lowest BCUT2D eigenvalue weighted by atomic mass is 10.1. The summed E-state index contributed by atoms with van der Waals surface area (Å²) < 4.78 is 10.3. The van der Waals surface area contributed by atoms with Crippen molar-refractivity contribution < 1.29 is 23.8 Å². The van der Waals surface area contributed by atoms with Gasteiger partial charge in [-0.3, -0.25) is 4.79 Å². The van der Waals surface area contributed by atoms with Crippen molar-refractivity contribution in [1.29, 1.82) is 0 Å². The first-order chi connectivity index (χ1) is 8.65. The van der Waals surface area contributed by atoms with E-state index in [4.69, 9.17) is 14.3 Å². The van der Waals surface area contributed by atoms with E-state index in [2.05, 4.69) is 0 Å². The highest BCUT2D eigenvalue weighted by molar-refractivity contribution is 5.69. The van der Waals surface area contributed by atoms with Gasteiger partial charge in [-0.25, -0.2) is 4.79 Å². The number of nitrogens with zero attached hydrogens (tertiary/aromatic N) is 1. The molecule has 0 aliphatic carbocycles. The second-order valence-electron chi connectivity index (χ2n) is 4.23. The SMILES string of the molecule is O=C(O)CCC1CCN(Cc2ccco2)C(=O)O1. The van der Waals surface area contributed by atoms with Crippen LogP contribution in [-0.2, 0) is 16.1 Å². The number of rotatable bonds is 5. The molecule has 0 spiro atoms. The molecule has 1 aromatic rings. The number of cyclic esters (lactones) is 1. The maximum absolute atomic E-state index is 11.7. The summed E-state index contributed by atoms with van der Waals surface area (Å²) in [5.41, 5.74) is 0. The van der Waals surface area contributed by atoms with Crippen LogP contribution in [0.5, 0.6) is 0 Å². The molecule has 1 fully saturated rings. The van der Waals surface area contributed by atoms with Crippen molar-refractivity contribution in [3.8, 4) is 0 Å². The van der Waals surface area contributed by atoms with Crippen LogP contribution in [0.2, 0.25) is 0 Å². The second kappa shape index (κ2) is 5.57. The van der Waals surface area contributed by atoms with Crippen molar-refractivity contribution in [2.45, 2.75) is 31.9 Å². The molecule has 1 unspecified atom stereocenters. The molecule has 6 nitrogen and oxygen atoms in total. The fraction of sp³-hybridized carbons (Fsp3) is 0.500. The van der Waals surface area contributed by atoms with Crippen LogP contribution in [0.4, 0.5) is 4.79 Å². The smallest absolute Gasteiger partial charge is 0.410 e. The molecule has 18 heavy (non-hydrogen) atoms. The van der Waals surface area contributed by atoms with Crippen LogP contribution in [-0.4, -0.2) is 34.7 Å². The van der Waals surface area contributed by atoms with Crippen LogP contribution in [0.1, 0.15) is 25.0 Å². The summed E-state index contributed by atoms with van der Waals surface area (Å²) in [6, 6.07) is 3.56. The first kappa shape index (κ1) is 12.5. The van der Waals surface area contributed by atoms with E-state index >= 15 is 0 Å². The van der Waals surface area contributed by atoms with Gasteiger partial charge in [0.15, 0.2) is 0 Å². The predicted molar refractivity (Wildman–Crippen MR) is 60.9 cm³/mol. The Kier molecular flexibility index (Phi) is 3.86. The van der Waals surface area contributed by atoms with E-state index in [1.165, 1.54) is 0 Å². The summed E-state index contributed by atoms with van der Waals surface area (Å²) in [5, 5.41) is 8.57. The first-order valence-electron chi connectivity index (χ1n) is 5.85. The maximum Gasteiger partial charge on any atom is 0.410 e. The van der Waals surface area contributed by atoms with Crippen LogP contribution < -0.4 is 0 Å². The molecule has 1 aliphatic heterocycles. The molecule has 1 amide bonds. The molecule has 1 atom stereocenters. The average molecular weight is 253 g/mol. The van der Waals surface area contributed by atoms with Crippen LogP contribution in [0.15, 0.2) is 22.8 Å². The summed E-state index contributed by atoms with van der Waals surface area (Å²) in [5.74, 6) is -0.167. The lowest BCUT2D eigenvalue weighted by Gasteiger charge is -2.31. The Hall–Kier alpha value is -1.98. The van der Waals surface area contributed by atoms with Crippen molar-refractivity contribution >= 4 is 12.1 Å². The van der Waals surface area contributed by atoms with Crippen molar-refractivity contribution in [2.75, 3.05) is 6.54 Å². The molecule has 0 radical (unpaired) electrons. The minimum Gasteiger partial charge on any atom is -0.481 e. The molecule has 1 aromatic heterocycles. The Bertz CT molecular complexity index is 414. The number of amides is 1. The van der Waals surface area contributed by atoms with E-state index in [-0.39, 0.29) is 12.5 Å². The number of hydrogen-bond acceptors (Lipinski definition) is 4. The Morgan fingerprint density at radius 1 is 1.56 bits per heavy atom. The number of aliphatic carboxylic acids is 1. The van der Waals surface area contributed by atoms with Gasteiger partial charge in [-0.2, -0.15) is 0 Å². The van der Waals surface area contributed by atoms with Crippen molar-refractivity contribution in [3.05, 3.63) is 24.2 Å². The number of ether oxygens (including phenoxy) is 1. The monoisotopic (exact) mass is 253 g/mol. The van der Waals surface area contributed by atoms with Gasteiger partial charge in [0.2, 0.25) is 0 Å². The zero-order valence-corrected chi connectivity index (χ0v) is 9.87. The molecule has 2 rings (SSSR count). The summed E-state index contributed by atoms with van der Waals surface area (Å²) in [4.78, 5) is 23.7. The van der Waals surface area contributed by atoms with Crippen LogP contribution in [0.25, 0.3) is 0 Å². The van der Waals surface area contributed by atoms with E-state index in [1.807, 2.05) is 0 Å². The molecule has 0 aromatic carbocycles. The summed E-state index contributed by atoms with van der Waals surface area (Å²) >= 11 is 0. The van der Waals surface area contributed by atoms with Gasteiger partial charge in [0.1, 0.15) is 11.9 Å². The Morgan fingerprint density at radius 2 is 2.39 bits per heavy atom. The lowest BCUT2D eigenvalue weighted by Crippen LogP contribution is -2.41. The highest BCUT2D eigenvalue weighted by Crippen LogP contribution is 2.18. The minimum atomic E-state index is -0.871. The summed E-state index contributed by atoms with van der Waals surface area (Å²) in [7, 11) is 0. The molecule has 2 heterocycles. The third-order valence-corrected chi connectivity index (χ3v) is 2.85. The van der Waals surface area contributed by atoms with Crippen molar-refractivity contribution in [2.24, 2.45) is 0 Å². The number of furan rings is 1. The standard InChI is InChI=1S/C12H15NO5/c14-11(15)4-3-9-5-6-13(12(16)18-9)8-10-2-1-7-17-10/h1-2,7,9H,3-6,8H2,(H,14,15). The topological polar surface area (TPSA) is 80.0 Å². The Morgan fingerprint density at radius 3 is 3.00 bits per heavy atom. The fourth-order valence-electron chi connectivity index (χ4n) is 1.89. The maximum atomic E-state index is 11.7. The van der Waals surface area contributed by atoms with Gasteiger partial charge in [0.25, 0.3) is 0 Å². The molecule has 0 saturated carbocycles. The summed E-state index contributed by atoms with van der Waals surface area (Å²) in [6.45, 7) is 0.946. The molecule has 1 aliphatic rings. The van der Waals surface area contributed by atoms with Crippen molar-refractivity contribution in [1.82, 2.24) is 4.90 Å². The van der Waals surface area contributed by atoms with E-state index in [0.717, 1.165) is 0 Å². The van der Waals surface area contributed by atoms with Gasteiger partial charge in [-0.15, -0.1) is 0 Å². The molecule has 1 N–H and O–H groups in total. The molecule has 98 valence electrons. The van der Waals surface area contributed by atoms with Gasteiger partial charge in [-0.05, 0) is 18.6 Å². The van der Waals surface area contributed by atoms with Gasteiger partial charge in [-0.1, -0.05) is 0 Å². The quantitative estimate of drug-likeness (QED) is 0.866. The van der Waals surface area contributed by atoms with Crippen molar-refractivity contribution in [3.63, 3.8) is 0 Å². The zero-order valence-electron chi connectivity index (χ0n) is 9.87. The van der Waals surface area contributed by atoms with Gasteiger partial charge >= 0.3 is 12.1 Å². The molecule has 1 saturated heterocycles.